The Morgan fingerprint density at radius 1 is 1.20 bits per heavy atom. The smallest absolute Gasteiger partial charge is 0.325 e. The molecule has 2 N–H and O–H groups in total. The predicted molar refractivity (Wildman–Crippen MR) is 95.2 cm³/mol. The van der Waals surface area contributed by atoms with Gasteiger partial charge in [0.15, 0.2) is 0 Å². The van der Waals surface area contributed by atoms with E-state index < -0.39 is 5.54 Å². The average molecular weight is 345 g/mol. The van der Waals surface area contributed by atoms with Crippen molar-refractivity contribution in [1.29, 1.82) is 0 Å². The van der Waals surface area contributed by atoms with Gasteiger partial charge in [0, 0.05) is 7.11 Å². The molecule has 2 aliphatic rings. The number of benzene rings is 1. The minimum Gasteiger partial charge on any atom is -0.383 e. The summed E-state index contributed by atoms with van der Waals surface area (Å²) in [4.78, 5) is 27.0. The third-order valence-electron chi connectivity index (χ3n) is 5.41. The van der Waals surface area contributed by atoms with E-state index in [1.54, 1.807) is 7.11 Å². The van der Waals surface area contributed by atoms with Crippen LogP contribution < -0.4 is 10.6 Å². The SMILES string of the molecule is COCCN1C(=O)NC(CCc2ccccc2)(C2CCNCC2)C1=O. The Morgan fingerprint density at radius 2 is 1.92 bits per heavy atom. The molecule has 2 fully saturated rings. The molecular formula is C19H27N3O3. The third kappa shape index (κ3) is 3.70. The van der Waals surface area contributed by atoms with Crippen LogP contribution >= 0.6 is 0 Å². The molecule has 6 nitrogen and oxygen atoms in total. The fourth-order valence-corrected chi connectivity index (χ4v) is 3.98. The van der Waals surface area contributed by atoms with Crippen molar-refractivity contribution < 1.29 is 14.3 Å². The van der Waals surface area contributed by atoms with E-state index in [2.05, 4.69) is 22.8 Å². The van der Waals surface area contributed by atoms with Crippen molar-refractivity contribution in [2.24, 2.45) is 5.92 Å². The Kier molecular flexibility index (Phi) is 5.71. The fourth-order valence-electron chi connectivity index (χ4n) is 3.98. The Morgan fingerprint density at radius 3 is 2.60 bits per heavy atom. The van der Waals surface area contributed by atoms with Crippen LogP contribution in [0.25, 0.3) is 0 Å². The van der Waals surface area contributed by atoms with Crippen LogP contribution in [0.15, 0.2) is 30.3 Å². The quantitative estimate of drug-likeness (QED) is 0.736. The summed E-state index contributed by atoms with van der Waals surface area (Å²) in [6, 6.07) is 9.86. The fraction of sp³-hybridized carbons (Fsp3) is 0.579. The maximum Gasteiger partial charge on any atom is 0.325 e. The summed E-state index contributed by atoms with van der Waals surface area (Å²) >= 11 is 0. The van der Waals surface area contributed by atoms with E-state index in [4.69, 9.17) is 4.74 Å². The number of nitrogens with one attached hydrogen (secondary N) is 2. The average Bonchev–Trinajstić information content (AvgIpc) is 2.91. The monoisotopic (exact) mass is 345 g/mol. The largest absolute Gasteiger partial charge is 0.383 e. The molecule has 3 rings (SSSR count). The highest BCUT2D eigenvalue weighted by molar-refractivity contribution is 6.07. The van der Waals surface area contributed by atoms with Gasteiger partial charge in [-0.2, -0.15) is 0 Å². The number of hydrogen-bond donors (Lipinski definition) is 2. The van der Waals surface area contributed by atoms with Gasteiger partial charge < -0.3 is 15.4 Å². The molecule has 1 aromatic carbocycles. The second-order valence-corrected chi connectivity index (χ2v) is 6.86. The number of rotatable bonds is 7. The van der Waals surface area contributed by atoms with E-state index in [0.29, 0.717) is 19.6 Å². The molecule has 1 atom stereocenters. The van der Waals surface area contributed by atoms with Crippen LogP contribution in [0.1, 0.15) is 24.8 Å². The molecule has 0 spiro atoms. The first-order valence-electron chi connectivity index (χ1n) is 9.05. The molecule has 0 aromatic heterocycles. The molecule has 2 saturated heterocycles. The number of aryl methyl sites for hydroxylation is 1. The molecule has 0 saturated carbocycles. The summed E-state index contributed by atoms with van der Waals surface area (Å²) in [7, 11) is 1.58. The van der Waals surface area contributed by atoms with E-state index in [9.17, 15) is 9.59 Å². The molecule has 136 valence electrons. The summed E-state index contributed by atoms with van der Waals surface area (Å²) in [5.74, 6) is 0.0823. The van der Waals surface area contributed by atoms with Crippen LogP contribution in [0.4, 0.5) is 4.79 Å². The second-order valence-electron chi connectivity index (χ2n) is 6.86. The number of carbonyl (C=O) groups excluding carboxylic acids is 2. The molecule has 1 aromatic rings. The van der Waals surface area contributed by atoms with Gasteiger partial charge in [-0.05, 0) is 50.3 Å². The Balaban J connectivity index is 1.82. The van der Waals surface area contributed by atoms with Gasteiger partial charge in [0.2, 0.25) is 0 Å². The molecule has 2 aliphatic heterocycles. The standard InChI is InChI=1S/C19H27N3O3/c1-25-14-13-22-17(23)19(21-18(22)24,16-8-11-20-12-9-16)10-7-15-5-3-2-4-6-15/h2-6,16,20H,7-14H2,1H3,(H,21,24). The maximum atomic E-state index is 13.2. The molecule has 25 heavy (non-hydrogen) atoms. The molecule has 6 heteroatoms. The van der Waals surface area contributed by atoms with Crippen LogP contribution in [0.5, 0.6) is 0 Å². The van der Waals surface area contributed by atoms with Crippen molar-refractivity contribution in [3.05, 3.63) is 35.9 Å². The second kappa shape index (κ2) is 7.97. The number of carbonyl (C=O) groups is 2. The predicted octanol–water partition coefficient (Wildman–Crippen LogP) is 1.56. The lowest BCUT2D eigenvalue weighted by Crippen LogP contribution is -2.56. The van der Waals surface area contributed by atoms with Gasteiger partial charge >= 0.3 is 6.03 Å². The van der Waals surface area contributed by atoms with E-state index in [0.717, 1.165) is 32.4 Å². The first kappa shape index (κ1) is 17.9. The van der Waals surface area contributed by atoms with Gasteiger partial charge in [0.25, 0.3) is 5.91 Å². The number of hydrogen-bond acceptors (Lipinski definition) is 4. The number of piperidine rings is 1. The molecule has 0 bridgehead atoms. The van der Waals surface area contributed by atoms with Gasteiger partial charge in [0.1, 0.15) is 5.54 Å². The zero-order valence-electron chi connectivity index (χ0n) is 14.8. The van der Waals surface area contributed by atoms with Crippen molar-refractivity contribution in [3.8, 4) is 0 Å². The summed E-state index contributed by atoms with van der Waals surface area (Å²) in [6.45, 7) is 2.44. The maximum absolute atomic E-state index is 13.2. The van der Waals surface area contributed by atoms with Crippen LogP contribution in [-0.2, 0) is 16.0 Å². The van der Waals surface area contributed by atoms with Crippen LogP contribution in [-0.4, -0.2) is 55.7 Å². The molecule has 2 heterocycles. The Bertz CT molecular complexity index is 601. The molecule has 0 aliphatic carbocycles. The summed E-state index contributed by atoms with van der Waals surface area (Å²) in [6.07, 6.45) is 3.21. The lowest BCUT2D eigenvalue weighted by Gasteiger charge is -2.38. The normalized spacial score (nSPS) is 24.6. The zero-order valence-corrected chi connectivity index (χ0v) is 14.8. The van der Waals surface area contributed by atoms with Gasteiger partial charge in [-0.25, -0.2) is 4.79 Å². The first-order chi connectivity index (χ1) is 12.2. The molecular weight excluding hydrogens is 318 g/mol. The van der Waals surface area contributed by atoms with Crippen molar-refractivity contribution >= 4 is 11.9 Å². The minimum absolute atomic E-state index is 0.0858. The number of amides is 3. The van der Waals surface area contributed by atoms with Crippen LogP contribution in [0.2, 0.25) is 0 Å². The van der Waals surface area contributed by atoms with E-state index >= 15 is 0 Å². The number of ether oxygens (including phenoxy) is 1. The summed E-state index contributed by atoms with van der Waals surface area (Å²) in [5.41, 5.74) is 0.399. The van der Waals surface area contributed by atoms with Gasteiger partial charge in [0.05, 0.1) is 13.2 Å². The lowest BCUT2D eigenvalue weighted by atomic mass is 9.74. The van der Waals surface area contributed by atoms with Crippen LogP contribution in [0, 0.1) is 5.92 Å². The first-order valence-corrected chi connectivity index (χ1v) is 9.05. The highest BCUT2D eigenvalue weighted by atomic mass is 16.5. The zero-order chi connectivity index (χ0) is 17.7. The number of nitrogens with zero attached hydrogens (tertiary/aromatic N) is 1. The number of urea groups is 1. The Hall–Kier alpha value is -1.92. The third-order valence-corrected chi connectivity index (χ3v) is 5.41. The number of imide groups is 1. The van der Waals surface area contributed by atoms with Crippen LogP contribution in [0.3, 0.4) is 0 Å². The number of methoxy groups -OCH3 is 1. The van der Waals surface area contributed by atoms with Crippen molar-refractivity contribution in [2.75, 3.05) is 33.4 Å². The lowest BCUT2D eigenvalue weighted by molar-refractivity contribution is -0.134. The van der Waals surface area contributed by atoms with Crippen molar-refractivity contribution in [2.45, 2.75) is 31.2 Å². The summed E-state index contributed by atoms with van der Waals surface area (Å²) < 4.78 is 5.06. The van der Waals surface area contributed by atoms with E-state index in [1.165, 1.54) is 10.5 Å². The Labute approximate surface area is 148 Å². The highest BCUT2D eigenvalue weighted by Gasteiger charge is 2.54. The highest BCUT2D eigenvalue weighted by Crippen LogP contribution is 2.35. The van der Waals surface area contributed by atoms with Crippen molar-refractivity contribution in [3.63, 3.8) is 0 Å². The molecule has 0 radical (unpaired) electrons. The van der Waals surface area contributed by atoms with Gasteiger partial charge in [-0.3, -0.25) is 9.69 Å². The molecule has 3 amide bonds. The van der Waals surface area contributed by atoms with E-state index in [-0.39, 0.29) is 17.9 Å². The summed E-state index contributed by atoms with van der Waals surface area (Å²) in [5, 5.41) is 6.41. The topological polar surface area (TPSA) is 70.7 Å². The van der Waals surface area contributed by atoms with Crippen molar-refractivity contribution in [1.82, 2.24) is 15.5 Å². The minimum atomic E-state index is -0.789. The molecule has 1 unspecified atom stereocenters. The van der Waals surface area contributed by atoms with E-state index in [1.807, 2.05) is 18.2 Å². The van der Waals surface area contributed by atoms with Gasteiger partial charge in [-0.15, -0.1) is 0 Å². The van der Waals surface area contributed by atoms with Gasteiger partial charge in [-0.1, -0.05) is 30.3 Å².